The second-order valence-corrected chi connectivity index (χ2v) is 9.52. The van der Waals surface area contributed by atoms with Gasteiger partial charge in [-0.05, 0) is 61.2 Å². The Hall–Kier alpha value is -1.75. The highest BCUT2D eigenvalue weighted by Gasteiger charge is 2.20. The Bertz CT molecular complexity index is 1220. The van der Waals surface area contributed by atoms with Gasteiger partial charge in [0.25, 0.3) is 0 Å². The van der Waals surface area contributed by atoms with E-state index in [1.54, 1.807) is 19.2 Å². The molecule has 3 aromatic rings. The van der Waals surface area contributed by atoms with Crippen molar-refractivity contribution in [3.63, 3.8) is 0 Å². The first-order valence-electron chi connectivity index (χ1n) is 10.5. The van der Waals surface area contributed by atoms with Crippen LogP contribution in [-0.2, 0) is 16.2 Å². The Morgan fingerprint density at radius 3 is 2.53 bits per heavy atom. The van der Waals surface area contributed by atoms with Crippen LogP contribution in [0, 0.1) is 6.92 Å². The quantitative estimate of drug-likeness (QED) is 0.348. The number of carbonyl (C=O) groups excluding carboxylic acids is 2. The van der Waals surface area contributed by atoms with E-state index >= 15 is 0 Å². The number of nitrogens with zero attached hydrogens (tertiary/aromatic N) is 4. The molecule has 1 aromatic carbocycles. The molecular weight excluding hydrogens is 616 g/mol. The lowest BCUT2D eigenvalue weighted by molar-refractivity contribution is -0.125. The number of amides is 2. The number of hydrogen-bond acceptors (Lipinski definition) is 5. The predicted octanol–water partition coefficient (Wildman–Crippen LogP) is 5.17. The highest BCUT2D eigenvalue weighted by molar-refractivity contribution is 9.10. The van der Waals surface area contributed by atoms with Gasteiger partial charge in [0.05, 0.1) is 22.9 Å². The van der Waals surface area contributed by atoms with Crippen molar-refractivity contribution in [1.82, 2.24) is 19.6 Å². The van der Waals surface area contributed by atoms with Crippen molar-refractivity contribution in [2.45, 2.75) is 20.0 Å². The van der Waals surface area contributed by atoms with Gasteiger partial charge in [-0.2, -0.15) is 0 Å². The van der Waals surface area contributed by atoms with E-state index in [-0.39, 0.29) is 49.8 Å². The van der Waals surface area contributed by atoms with E-state index < -0.39 is 0 Å². The first-order chi connectivity index (χ1) is 16.1. The van der Waals surface area contributed by atoms with E-state index in [0.717, 1.165) is 10.3 Å². The molecule has 0 aliphatic carbocycles. The molecule has 0 atom stereocenters. The number of halogens is 5. The van der Waals surface area contributed by atoms with Crippen molar-refractivity contribution in [3.05, 3.63) is 56.4 Å². The van der Waals surface area contributed by atoms with Crippen LogP contribution in [0.15, 0.2) is 35.1 Å². The minimum absolute atomic E-state index is 0. The smallest absolute Gasteiger partial charge is 0.246 e. The fourth-order valence-electron chi connectivity index (χ4n) is 3.21. The van der Waals surface area contributed by atoms with Crippen molar-refractivity contribution in [2.75, 3.05) is 39.1 Å². The lowest BCUT2D eigenvalue weighted by atomic mass is 10.2. The molecule has 3 rings (SSSR count). The molecular formula is C23H28BrCl4N5O3. The Labute approximate surface area is 241 Å². The van der Waals surface area contributed by atoms with Gasteiger partial charge in [-0.15, -0.1) is 24.8 Å². The maximum atomic E-state index is 12.7. The van der Waals surface area contributed by atoms with E-state index in [9.17, 15) is 9.59 Å². The van der Waals surface area contributed by atoms with Crippen LogP contribution in [0.3, 0.4) is 0 Å². The number of fused-ring (bicyclic) bond motifs is 1. The Balaban J connectivity index is 0.00000324. The number of anilines is 1. The van der Waals surface area contributed by atoms with E-state index in [1.807, 2.05) is 48.6 Å². The maximum absolute atomic E-state index is 12.7. The Kier molecular flexibility index (Phi) is 12.8. The topological polar surface area (TPSA) is 79.2 Å². The Morgan fingerprint density at radius 2 is 1.86 bits per heavy atom. The fraction of sp³-hybridized carbons (Fsp3) is 0.348. The van der Waals surface area contributed by atoms with Crippen molar-refractivity contribution < 1.29 is 14.3 Å². The molecule has 1 N–H and O–H groups in total. The summed E-state index contributed by atoms with van der Waals surface area (Å²) in [4.78, 5) is 32.4. The number of pyridine rings is 1. The summed E-state index contributed by atoms with van der Waals surface area (Å²) in [6.07, 6.45) is 2.19. The van der Waals surface area contributed by atoms with Crippen molar-refractivity contribution in [3.8, 4) is 5.75 Å². The number of aromatic nitrogens is 2. The highest BCUT2D eigenvalue weighted by atomic mass is 79.9. The average Bonchev–Trinajstić information content (AvgIpc) is 3.09. The van der Waals surface area contributed by atoms with Crippen LogP contribution in [0.25, 0.3) is 5.65 Å². The molecule has 198 valence electrons. The first kappa shape index (κ1) is 32.3. The van der Waals surface area contributed by atoms with E-state index in [0.29, 0.717) is 45.7 Å². The van der Waals surface area contributed by atoms with Crippen LogP contribution >= 0.6 is 63.9 Å². The number of carbonyl (C=O) groups is 2. The van der Waals surface area contributed by atoms with Crippen LogP contribution < -0.4 is 15.0 Å². The van der Waals surface area contributed by atoms with Crippen LogP contribution in [0.2, 0.25) is 10.0 Å². The monoisotopic (exact) mass is 641 g/mol. The number of aryl methyl sites for hydroxylation is 1. The number of nitrogens with one attached hydrogen (secondary N) is 1. The second-order valence-electron chi connectivity index (χ2n) is 7.98. The van der Waals surface area contributed by atoms with Crippen LogP contribution in [0.4, 0.5) is 5.69 Å². The maximum Gasteiger partial charge on any atom is 0.246 e. The molecule has 0 aliphatic heterocycles. The van der Waals surface area contributed by atoms with Gasteiger partial charge in [0, 0.05) is 36.8 Å². The molecule has 0 spiro atoms. The first-order valence-corrected chi connectivity index (χ1v) is 12.1. The lowest BCUT2D eigenvalue weighted by Crippen LogP contribution is -2.39. The molecule has 0 unspecified atom stereocenters. The summed E-state index contributed by atoms with van der Waals surface area (Å²) in [5, 5.41) is 3.36. The van der Waals surface area contributed by atoms with E-state index in [4.69, 9.17) is 27.9 Å². The minimum atomic E-state index is -0.309. The number of likely N-dealkylation sites (N-methyl/N-ethyl adjacent to an activating group) is 1. The Morgan fingerprint density at radius 1 is 1.17 bits per heavy atom. The third-order valence-corrected chi connectivity index (χ3v) is 6.94. The zero-order valence-electron chi connectivity index (χ0n) is 20.2. The average molecular weight is 644 g/mol. The highest BCUT2D eigenvalue weighted by Crippen LogP contribution is 2.35. The zero-order chi connectivity index (χ0) is 25.0. The van der Waals surface area contributed by atoms with Gasteiger partial charge in [-0.3, -0.25) is 14.0 Å². The van der Waals surface area contributed by atoms with Gasteiger partial charge in [-0.1, -0.05) is 23.2 Å². The van der Waals surface area contributed by atoms with Crippen molar-refractivity contribution in [2.24, 2.45) is 0 Å². The molecule has 0 fully saturated rings. The molecule has 0 saturated heterocycles. The number of hydrogen-bond donors (Lipinski definition) is 1. The molecule has 13 heteroatoms. The van der Waals surface area contributed by atoms with Gasteiger partial charge in [0.2, 0.25) is 11.8 Å². The third kappa shape index (κ3) is 7.63. The SMILES string of the molecule is Cc1nc2c(OCc3c(Cl)ccc(N(C)C(=O)CNC(=O)CCN(C)C)c3Cl)cccn2c1Br.Cl.Cl. The van der Waals surface area contributed by atoms with Gasteiger partial charge in [-0.25, -0.2) is 4.98 Å². The number of imidazole rings is 1. The van der Waals surface area contributed by atoms with Crippen molar-refractivity contribution in [1.29, 1.82) is 0 Å². The number of benzene rings is 1. The van der Waals surface area contributed by atoms with Gasteiger partial charge in [0.15, 0.2) is 11.4 Å². The summed E-state index contributed by atoms with van der Waals surface area (Å²) in [5.41, 5.74) is 2.50. The normalized spacial score (nSPS) is 10.6. The van der Waals surface area contributed by atoms with Crippen molar-refractivity contribution >= 4 is 87.1 Å². The zero-order valence-corrected chi connectivity index (χ0v) is 24.9. The molecule has 0 radical (unpaired) electrons. The molecule has 0 saturated carbocycles. The third-order valence-electron chi connectivity index (χ3n) is 5.21. The minimum Gasteiger partial charge on any atom is -0.485 e. The van der Waals surface area contributed by atoms with Gasteiger partial charge < -0.3 is 19.9 Å². The standard InChI is InChI=1S/C23H26BrCl2N5O3.2ClH/c1-14-22(24)31-10-5-6-18(23(31)28-14)34-13-15-16(25)7-8-17(21(15)26)30(4)20(33)12-27-19(32)9-11-29(2)3;;/h5-8,10H,9,11-13H2,1-4H3,(H,27,32);2*1H. The summed E-state index contributed by atoms with van der Waals surface area (Å²) in [6.45, 7) is 2.45. The fourth-order valence-corrected chi connectivity index (χ4v) is 4.19. The molecule has 36 heavy (non-hydrogen) atoms. The molecule has 2 aromatic heterocycles. The summed E-state index contributed by atoms with van der Waals surface area (Å²) < 4.78 is 8.74. The second kappa shape index (κ2) is 14.3. The molecule has 8 nitrogen and oxygen atoms in total. The summed E-state index contributed by atoms with van der Waals surface area (Å²) in [6, 6.07) is 7.00. The van der Waals surface area contributed by atoms with Crippen LogP contribution in [0.5, 0.6) is 5.75 Å². The lowest BCUT2D eigenvalue weighted by Gasteiger charge is -2.21. The van der Waals surface area contributed by atoms with Gasteiger partial charge >= 0.3 is 0 Å². The molecule has 2 amide bonds. The number of rotatable bonds is 9. The van der Waals surface area contributed by atoms with Crippen LogP contribution in [-0.4, -0.2) is 60.3 Å². The number of ether oxygens (including phenoxy) is 1. The van der Waals surface area contributed by atoms with Crippen LogP contribution in [0.1, 0.15) is 17.7 Å². The summed E-state index contributed by atoms with van der Waals surface area (Å²) in [5.74, 6) is 0.0669. The van der Waals surface area contributed by atoms with E-state index in [2.05, 4.69) is 26.2 Å². The summed E-state index contributed by atoms with van der Waals surface area (Å²) in [7, 11) is 5.36. The molecule has 0 aliphatic rings. The summed E-state index contributed by atoms with van der Waals surface area (Å²) >= 11 is 16.6. The largest absolute Gasteiger partial charge is 0.485 e. The van der Waals surface area contributed by atoms with Gasteiger partial charge in [0.1, 0.15) is 11.2 Å². The predicted molar refractivity (Wildman–Crippen MR) is 153 cm³/mol. The van der Waals surface area contributed by atoms with E-state index in [1.165, 1.54) is 4.90 Å². The molecule has 0 bridgehead atoms. The molecule has 2 heterocycles.